The van der Waals surface area contributed by atoms with Gasteiger partial charge >= 0.3 is 5.97 Å². The first-order valence-corrected chi connectivity index (χ1v) is 11.3. The van der Waals surface area contributed by atoms with Gasteiger partial charge < -0.3 is 24.6 Å². The van der Waals surface area contributed by atoms with Crippen LogP contribution < -0.4 is 5.32 Å². The number of ether oxygens (including phenoxy) is 1. The summed E-state index contributed by atoms with van der Waals surface area (Å²) in [6.45, 7) is 4.79. The summed E-state index contributed by atoms with van der Waals surface area (Å²) in [5.41, 5.74) is 5.21. The van der Waals surface area contributed by atoms with Crippen LogP contribution in [-0.4, -0.2) is 44.3 Å². The van der Waals surface area contributed by atoms with Gasteiger partial charge in [-0.15, -0.1) is 0 Å². The van der Waals surface area contributed by atoms with Gasteiger partial charge in [0.25, 0.3) is 0 Å². The molecule has 172 valence electrons. The number of carbonyl (C=O) groups is 1. The Bertz CT molecular complexity index is 1140. The zero-order valence-electron chi connectivity index (χ0n) is 19.0. The third-order valence-electron chi connectivity index (χ3n) is 6.10. The number of pyridine rings is 1. The van der Waals surface area contributed by atoms with Crippen molar-refractivity contribution in [1.29, 1.82) is 0 Å². The number of aromatic nitrogens is 2. The molecule has 7 nitrogen and oxygen atoms in total. The molecule has 2 atom stereocenters. The van der Waals surface area contributed by atoms with Crippen molar-refractivity contribution in [1.82, 2.24) is 19.8 Å². The van der Waals surface area contributed by atoms with Crippen molar-refractivity contribution in [2.24, 2.45) is 0 Å². The Balaban J connectivity index is 1.74. The van der Waals surface area contributed by atoms with Crippen LogP contribution in [0.4, 0.5) is 0 Å². The topological polar surface area (TPSA) is 79.6 Å². The molecule has 2 aromatic heterocycles. The smallest absolute Gasteiger partial charge is 0.305 e. The fourth-order valence-corrected chi connectivity index (χ4v) is 4.90. The molecular formula is C25H28N4O3S. The van der Waals surface area contributed by atoms with Crippen LogP contribution in [0.3, 0.4) is 0 Å². The van der Waals surface area contributed by atoms with Crippen LogP contribution >= 0.6 is 12.2 Å². The normalized spacial score (nSPS) is 17.8. The molecular weight excluding hydrogens is 436 g/mol. The minimum Gasteiger partial charge on any atom is -0.508 e. The lowest BCUT2D eigenvalue weighted by molar-refractivity contribution is -0.140. The van der Waals surface area contributed by atoms with Crippen LogP contribution in [0, 0.1) is 13.8 Å². The summed E-state index contributed by atoms with van der Waals surface area (Å²) >= 11 is 5.73. The highest BCUT2D eigenvalue weighted by atomic mass is 32.1. The summed E-state index contributed by atoms with van der Waals surface area (Å²) in [4.78, 5) is 18.4. The van der Waals surface area contributed by atoms with Gasteiger partial charge in [-0.1, -0.05) is 6.07 Å². The van der Waals surface area contributed by atoms with Crippen LogP contribution in [0.2, 0.25) is 0 Å². The van der Waals surface area contributed by atoms with E-state index < -0.39 is 0 Å². The zero-order valence-corrected chi connectivity index (χ0v) is 19.8. The van der Waals surface area contributed by atoms with Gasteiger partial charge in [-0.2, -0.15) is 0 Å². The number of thiocarbonyl (C=S) groups is 1. The Kier molecular flexibility index (Phi) is 6.65. The second-order valence-corrected chi connectivity index (χ2v) is 8.56. The lowest BCUT2D eigenvalue weighted by atomic mass is 9.96. The number of rotatable bonds is 7. The Morgan fingerprint density at radius 3 is 2.64 bits per heavy atom. The highest BCUT2D eigenvalue weighted by Gasteiger charge is 2.41. The van der Waals surface area contributed by atoms with E-state index in [9.17, 15) is 9.90 Å². The number of hydrogen-bond donors (Lipinski definition) is 2. The highest BCUT2D eigenvalue weighted by Crippen LogP contribution is 2.41. The van der Waals surface area contributed by atoms with Crippen molar-refractivity contribution in [3.63, 3.8) is 0 Å². The molecule has 0 unspecified atom stereocenters. The van der Waals surface area contributed by atoms with Gasteiger partial charge in [0.05, 0.1) is 24.9 Å². The average Bonchev–Trinajstić information content (AvgIpc) is 3.30. The Hall–Kier alpha value is -3.39. The van der Waals surface area contributed by atoms with Crippen molar-refractivity contribution < 1.29 is 14.6 Å². The van der Waals surface area contributed by atoms with Crippen LogP contribution in [0.25, 0.3) is 5.69 Å². The van der Waals surface area contributed by atoms with E-state index in [0.29, 0.717) is 24.5 Å². The molecule has 4 rings (SSSR count). The number of benzene rings is 1. The first-order chi connectivity index (χ1) is 15.9. The molecule has 1 saturated heterocycles. The van der Waals surface area contributed by atoms with Crippen LogP contribution in [0.1, 0.15) is 47.6 Å². The first kappa shape index (κ1) is 22.8. The second-order valence-electron chi connectivity index (χ2n) is 8.18. The number of aryl methyl sites for hydroxylation is 1. The number of phenols is 1. The molecule has 0 spiro atoms. The van der Waals surface area contributed by atoms with Gasteiger partial charge in [-0.25, -0.2) is 0 Å². The van der Waals surface area contributed by atoms with Crippen LogP contribution in [-0.2, 0) is 9.53 Å². The van der Waals surface area contributed by atoms with Gasteiger partial charge in [0.15, 0.2) is 5.11 Å². The number of aromatic hydroxyl groups is 1. The summed E-state index contributed by atoms with van der Waals surface area (Å²) in [5, 5.41) is 13.8. The minimum absolute atomic E-state index is 0.0814. The van der Waals surface area contributed by atoms with Crippen molar-refractivity contribution >= 4 is 23.3 Å². The molecule has 33 heavy (non-hydrogen) atoms. The lowest BCUT2D eigenvalue weighted by Gasteiger charge is -2.28. The summed E-state index contributed by atoms with van der Waals surface area (Å²) in [6, 6.07) is 15.1. The second kappa shape index (κ2) is 9.62. The molecule has 1 aromatic carbocycles. The largest absolute Gasteiger partial charge is 0.508 e. The fourth-order valence-electron chi connectivity index (χ4n) is 4.57. The number of nitrogens with one attached hydrogen (secondary N) is 1. The lowest BCUT2D eigenvalue weighted by Crippen LogP contribution is -2.31. The third-order valence-corrected chi connectivity index (χ3v) is 6.45. The van der Waals surface area contributed by atoms with Crippen molar-refractivity contribution in [3.05, 3.63) is 77.4 Å². The standard InChI is InChI=1S/C25H28N4O3S/c1-16-15-20(17(2)29(16)18-9-11-19(30)12-10-18)24-23(21-7-4-5-13-26-21)27-25(33)28(24)14-6-8-22(31)32-3/h4-5,7,9-13,15,23-24,30H,6,8,14H2,1-3H3,(H,27,33)/t23-,24+/m1/s1. The summed E-state index contributed by atoms with van der Waals surface area (Å²) in [7, 11) is 1.41. The molecule has 0 bridgehead atoms. The number of hydrogen-bond acceptors (Lipinski definition) is 5. The number of phenolic OH excluding ortho intramolecular Hbond substituents is 1. The van der Waals surface area contributed by atoms with E-state index in [1.165, 1.54) is 7.11 Å². The number of carbonyl (C=O) groups excluding carboxylic acids is 1. The number of nitrogens with zero attached hydrogens (tertiary/aromatic N) is 3. The monoisotopic (exact) mass is 464 g/mol. The van der Waals surface area contributed by atoms with E-state index in [1.54, 1.807) is 18.3 Å². The molecule has 0 saturated carbocycles. The average molecular weight is 465 g/mol. The Morgan fingerprint density at radius 1 is 1.21 bits per heavy atom. The molecule has 1 aliphatic heterocycles. The molecule has 3 heterocycles. The Labute approximate surface area is 199 Å². The predicted octanol–water partition coefficient (Wildman–Crippen LogP) is 4.12. The van der Waals surface area contributed by atoms with Crippen LogP contribution in [0.15, 0.2) is 54.7 Å². The molecule has 2 N–H and O–H groups in total. The van der Waals surface area contributed by atoms with E-state index in [4.69, 9.17) is 17.0 Å². The molecule has 1 fully saturated rings. The quantitative estimate of drug-likeness (QED) is 0.402. The maximum absolute atomic E-state index is 11.7. The summed E-state index contributed by atoms with van der Waals surface area (Å²) in [6.07, 6.45) is 2.76. The van der Waals surface area contributed by atoms with Gasteiger partial charge in [0.1, 0.15) is 5.75 Å². The third kappa shape index (κ3) is 4.57. The fraction of sp³-hybridized carbons (Fsp3) is 0.320. The molecule has 0 amide bonds. The van der Waals surface area contributed by atoms with Crippen LogP contribution in [0.5, 0.6) is 5.75 Å². The first-order valence-electron chi connectivity index (χ1n) is 10.9. The SMILES string of the molecule is COC(=O)CCCN1C(=S)N[C@H](c2ccccn2)[C@@H]1c1cc(C)n(-c2ccc(O)cc2)c1C. The van der Waals surface area contributed by atoms with E-state index >= 15 is 0 Å². The molecule has 3 aromatic rings. The van der Waals surface area contributed by atoms with Gasteiger partial charge in [-0.05, 0) is 80.5 Å². The minimum atomic E-state index is -0.226. The van der Waals surface area contributed by atoms with Crippen molar-refractivity contribution in [2.45, 2.75) is 38.8 Å². The van der Waals surface area contributed by atoms with E-state index in [-0.39, 0.29) is 23.8 Å². The summed E-state index contributed by atoms with van der Waals surface area (Å²) < 4.78 is 6.98. The molecule has 1 aliphatic rings. The van der Waals surface area contributed by atoms with E-state index in [2.05, 4.69) is 39.7 Å². The van der Waals surface area contributed by atoms with E-state index in [0.717, 1.165) is 28.3 Å². The maximum Gasteiger partial charge on any atom is 0.305 e. The van der Waals surface area contributed by atoms with Gasteiger partial charge in [0, 0.05) is 36.2 Å². The van der Waals surface area contributed by atoms with Crippen molar-refractivity contribution in [2.75, 3.05) is 13.7 Å². The molecule has 8 heteroatoms. The zero-order chi connectivity index (χ0) is 23.5. The predicted molar refractivity (Wildman–Crippen MR) is 130 cm³/mol. The van der Waals surface area contributed by atoms with Gasteiger partial charge in [-0.3, -0.25) is 9.78 Å². The molecule has 0 radical (unpaired) electrons. The number of methoxy groups -OCH3 is 1. The molecule has 0 aliphatic carbocycles. The highest BCUT2D eigenvalue weighted by molar-refractivity contribution is 7.80. The number of esters is 1. The Morgan fingerprint density at radius 2 is 1.97 bits per heavy atom. The van der Waals surface area contributed by atoms with E-state index in [1.807, 2.05) is 30.3 Å². The van der Waals surface area contributed by atoms with Crippen molar-refractivity contribution in [3.8, 4) is 11.4 Å². The maximum atomic E-state index is 11.7. The summed E-state index contributed by atoms with van der Waals surface area (Å²) in [5.74, 6) is 0.00943. The van der Waals surface area contributed by atoms with Gasteiger partial charge in [0.2, 0.25) is 0 Å².